The zero-order valence-corrected chi connectivity index (χ0v) is 18.0. The van der Waals surface area contributed by atoms with Gasteiger partial charge in [0.25, 0.3) is 0 Å². The molecule has 0 spiro atoms. The van der Waals surface area contributed by atoms with Crippen LogP contribution >= 0.6 is 0 Å². The minimum absolute atomic E-state index is 0.0562. The molecule has 0 aromatic rings. The number of likely N-dealkylation sites (N-methyl/N-ethyl adjacent to an activating group) is 2. The number of carbonyl (C=O) groups is 4. The van der Waals surface area contributed by atoms with E-state index in [1.165, 1.54) is 9.80 Å². The number of carbonyl (C=O) groups excluding carboxylic acids is 4. The van der Waals surface area contributed by atoms with Crippen LogP contribution in [0.15, 0.2) is 11.6 Å². The Labute approximate surface area is 173 Å². The normalized spacial score (nSPS) is 17.5. The number of amides is 4. The molecule has 8 heteroatoms. The molecule has 8 nitrogen and oxygen atoms in total. The predicted octanol–water partition coefficient (Wildman–Crippen LogP) is 0.244. The van der Waals surface area contributed by atoms with Crippen LogP contribution in [0.3, 0.4) is 0 Å². The highest BCUT2D eigenvalue weighted by molar-refractivity contribution is 5.97. The van der Waals surface area contributed by atoms with Gasteiger partial charge in [-0.25, -0.2) is 0 Å². The lowest BCUT2D eigenvalue weighted by molar-refractivity contribution is -0.140. The second-order valence-electron chi connectivity index (χ2n) is 7.64. The smallest absolute Gasteiger partial charge is 0.249 e. The summed E-state index contributed by atoms with van der Waals surface area (Å²) in [7, 11) is 3.28. The molecule has 0 aromatic heterocycles. The summed E-state index contributed by atoms with van der Waals surface area (Å²) in [6.45, 7) is 6.20. The van der Waals surface area contributed by atoms with E-state index < -0.39 is 6.04 Å². The van der Waals surface area contributed by atoms with Gasteiger partial charge in [-0.1, -0.05) is 25.8 Å². The number of likely N-dealkylation sites (tertiary alicyclic amines) is 1. The first-order valence-corrected chi connectivity index (χ1v) is 9.76. The summed E-state index contributed by atoms with van der Waals surface area (Å²) in [5.41, 5.74) is 0.478. The number of hydrogen-bond acceptors (Lipinski definition) is 4. The van der Waals surface area contributed by atoms with Gasteiger partial charge in [0.1, 0.15) is 6.04 Å². The summed E-state index contributed by atoms with van der Waals surface area (Å²) in [5.74, 6) is 1.87. The minimum Gasteiger partial charge on any atom is -0.350 e. The molecule has 160 valence electrons. The number of nitrogens with zero attached hydrogens (tertiary/aromatic N) is 3. The third-order valence-corrected chi connectivity index (χ3v) is 5.12. The molecular weight excluding hydrogens is 372 g/mol. The van der Waals surface area contributed by atoms with Gasteiger partial charge in [0, 0.05) is 26.2 Å². The SMILES string of the molecule is C#CCN(C)C(=O)[C@@H]1CCCN1C(=O)/C(C)=C/C(C(C)C)N(C)C(=O)CNC=O. The maximum Gasteiger partial charge on any atom is 0.249 e. The molecular formula is C21H32N4O4. The van der Waals surface area contributed by atoms with Crippen molar-refractivity contribution in [2.75, 3.05) is 33.7 Å². The molecule has 1 rings (SSSR count). The summed E-state index contributed by atoms with van der Waals surface area (Å²) in [6, 6.07) is -0.835. The summed E-state index contributed by atoms with van der Waals surface area (Å²) in [4.78, 5) is 52.9. The monoisotopic (exact) mass is 404 g/mol. The van der Waals surface area contributed by atoms with E-state index in [0.717, 1.165) is 6.42 Å². The number of hydrogen-bond donors (Lipinski definition) is 1. The van der Waals surface area contributed by atoms with Crippen molar-refractivity contribution in [1.29, 1.82) is 0 Å². The fraction of sp³-hybridized carbons (Fsp3) is 0.619. The average Bonchev–Trinajstić information content (AvgIpc) is 3.17. The van der Waals surface area contributed by atoms with Crippen LogP contribution in [-0.4, -0.2) is 84.6 Å². The van der Waals surface area contributed by atoms with E-state index >= 15 is 0 Å². The fourth-order valence-electron chi connectivity index (χ4n) is 3.46. The Hall–Kier alpha value is -2.82. The topological polar surface area (TPSA) is 90.0 Å². The van der Waals surface area contributed by atoms with Crippen LogP contribution in [0.5, 0.6) is 0 Å². The molecule has 0 bridgehead atoms. The van der Waals surface area contributed by atoms with E-state index in [9.17, 15) is 19.2 Å². The first kappa shape index (κ1) is 24.2. The lowest BCUT2D eigenvalue weighted by Crippen LogP contribution is -2.47. The van der Waals surface area contributed by atoms with Crippen molar-refractivity contribution in [2.24, 2.45) is 5.92 Å². The van der Waals surface area contributed by atoms with E-state index in [1.54, 1.807) is 32.0 Å². The summed E-state index contributed by atoms with van der Waals surface area (Å²) >= 11 is 0. The van der Waals surface area contributed by atoms with Gasteiger partial charge in [0.2, 0.25) is 24.1 Å². The van der Waals surface area contributed by atoms with Gasteiger partial charge >= 0.3 is 0 Å². The van der Waals surface area contributed by atoms with Crippen molar-refractivity contribution >= 4 is 24.1 Å². The summed E-state index contributed by atoms with van der Waals surface area (Å²) in [5, 5.41) is 2.36. The molecule has 1 heterocycles. The Bertz CT molecular complexity index is 695. The Balaban J connectivity index is 2.99. The van der Waals surface area contributed by atoms with Gasteiger partial charge in [-0.05, 0) is 25.7 Å². The molecule has 1 N–H and O–H groups in total. The van der Waals surface area contributed by atoms with Crippen LogP contribution in [0.4, 0.5) is 0 Å². The Kier molecular flexibility index (Phi) is 9.39. The van der Waals surface area contributed by atoms with E-state index in [2.05, 4.69) is 11.2 Å². The lowest BCUT2D eigenvalue weighted by atomic mass is 9.99. The number of rotatable bonds is 9. The highest BCUT2D eigenvalue weighted by atomic mass is 16.2. The maximum atomic E-state index is 13.0. The van der Waals surface area contributed by atoms with Gasteiger partial charge < -0.3 is 20.0 Å². The van der Waals surface area contributed by atoms with E-state index in [-0.39, 0.29) is 42.8 Å². The van der Waals surface area contributed by atoms with Gasteiger partial charge in [0.15, 0.2) is 0 Å². The Morgan fingerprint density at radius 3 is 2.52 bits per heavy atom. The summed E-state index contributed by atoms with van der Waals surface area (Å²) < 4.78 is 0. The van der Waals surface area contributed by atoms with Crippen molar-refractivity contribution in [3.63, 3.8) is 0 Å². The number of terminal acetylenes is 1. The molecule has 1 fully saturated rings. The van der Waals surface area contributed by atoms with E-state index in [1.807, 2.05) is 13.8 Å². The first-order valence-electron chi connectivity index (χ1n) is 9.76. The quantitative estimate of drug-likeness (QED) is 0.339. The third-order valence-electron chi connectivity index (χ3n) is 5.12. The molecule has 29 heavy (non-hydrogen) atoms. The molecule has 1 aliphatic heterocycles. The van der Waals surface area contributed by atoms with Crippen molar-refractivity contribution in [2.45, 2.75) is 45.7 Å². The lowest BCUT2D eigenvalue weighted by Gasteiger charge is -2.31. The molecule has 4 amide bonds. The highest BCUT2D eigenvalue weighted by Gasteiger charge is 2.36. The molecule has 2 atom stereocenters. The van der Waals surface area contributed by atoms with E-state index in [4.69, 9.17) is 6.42 Å². The van der Waals surface area contributed by atoms with Gasteiger partial charge in [-0.15, -0.1) is 6.42 Å². The maximum absolute atomic E-state index is 13.0. The molecule has 0 saturated carbocycles. The largest absolute Gasteiger partial charge is 0.350 e. The Morgan fingerprint density at radius 2 is 1.97 bits per heavy atom. The highest BCUT2D eigenvalue weighted by Crippen LogP contribution is 2.22. The molecule has 1 aliphatic rings. The van der Waals surface area contributed by atoms with Crippen LogP contribution in [0.25, 0.3) is 0 Å². The van der Waals surface area contributed by atoms with Crippen molar-refractivity contribution in [3.05, 3.63) is 11.6 Å². The van der Waals surface area contributed by atoms with E-state index in [0.29, 0.717) is 24.9 Å². The van der Waals surface area contributed by atoms with Gasteiger partial charge in [-0.3, -0.25) is 19.2 Å². The molecule has 0 radical (unpaired) electrons. The Morgan fingerprint density at radius 1 is 1.31 bits per heavy atom. The van der Waals surface area contributed by atoms with Crippen LogP contribution < -0.4 is 5.32 Å². The first-order chi connectivity index (χ1) is 13.6. The third kappa shape index (κ3) is 6.34. The van der Waals surface area contributed by atoms with Crippen LogP contribution in [0, 0.1) is 18.3 Å². The van der Waals surface area contributed by atoms with Gasteiger partial charge in [0.05, 0.1) is 19.1 Å². The predicted molar refractivity (Wildman–Crippen MR) is 110 cm³/mol. The van der Waals surface area contributed by atoms with Crippen LogP contribution in [-0.2, 0) is 19.2 Å². The molecule has 0 aromatic carbocycles. The zero-order chi connectivity index (χ0) is 22.1. The molecule has 1 unspecified atom stereocenters. The number of nitrogens with one attached hydrogen (secondary N) is 1. The minimum atomic E-state index is -0.516. The van der Waals surface area contributed by atoms with Crippen molar-refractivity contribution in [3.8, 4) is 12.3 Å². The van der Waals surface area contributed by atoms with Gasteiger partial charge in [-0.2, -0.15) is 0 Å². The molecule has 0 aliphatic carbocycles. The second kappa shape index (κ2) is 11.2. The van der Waals surface area contributed by atoms with Crippen LogP contribution in [0.1, 0.15) is 33.6 Å². The fourth-order valence-corrected chi connectivity index (χ4v) is 3.46. The van der Waals surface area contributed by atoms with Crippen molar-refractivity contribution < 1.29 is 19.2 Å². The van der Waals surface area contributed by atoms with Crippen molar-refractivity contribution in [1.82, 2.24) is 20.0 Å². The zero-order valence-electron chi connectivity index (χ0n) is 18.0. The summed E-state index contributed by atoms with van der Waals surface area (Å²) in [6.07, 6.45) is 8.88. The standard InChI is InChI=1S/C21H32N4O4/c1-7-10-23(5)21(29)17-9-8-11-25(17)20(28)16(4)12-18(15(2)3)24(6)19(27)13-22-14-26/h1,12,14-15,17-18H,8-11,13H2,2-6H3,(H,22,26)/b16-12+/t17-,18?/m0/s1. The average molecular weight is 405 g/mol. The molecule has 1 saturated heterocycles. The second-order valence-corrected chi connectivity index (χ2v) is 7.64. The van der Waals surface area contributed by atoms with Crippen LogP contribution in [0.2, 0.25) is 0 Å².